The van der Waals surface area contributed by atoms with Crippen LogP contribution in [0.3, 0.4) is 0 Å². The summed E-state index contributed by atoms with van der Waals surface area (Å²) in [5, 5.41) is 2.80. The van der Waals surface area contributed by atoms with E-state index in [2.05, 4.69) is 47.2 Å². The van der Waals surface area contributed by atoms with Crippen molar-refractivity contribution in [2.75, 3.05) is 11.9 Å². The Bertz CT molecular complexity index is 625. The van der Waals surface area contributed by atoms with Gasteiger partial charge < -0.3 is 10.1 Å². The summed E-state index contributed by atoms with van der Waals surface area (Å²) in [5.41, 5.74) is 2.03. The van der Waals surface area contributed by atoms with Gasteiger partial charge in [-0.3, -0.25) is 4.79 Å². The van der Waals surface area contributed by atoms with Gasteiger partial charge in [-0.15, -0.1) is 0 Å². The third-order valence-corrected chi connectivity index (χ3v) is 4.03. The topological polar surface area (TPSA) is 38.3 Å². The molecular formula is C18H20BrNO2. The number of nitrogens with one attached hydrogen (secondary N) is 1. The number of hydrogen-bond donors (Lipinski definition) is 1. The second-order valence-electron chi connectivity index (χ2n) is 5.23. The zero-order chi connectivity index (χ0) is 15.9. The van der Waals surface area contributed by atoms with Crippen LogP contribution < -0.4 is 10.1 Å². The highest BCUT2D eigenvalue weighted by molar-refractivity contribution is 9.10. The molecule has 0 radical (unpaired) electrons. The smallest absolute Gasteiger partial charge is 0.262 e. The molecule has 0 aliphatic rings. The summed E-state index contributed by atoms with van der Waals surface area (Å²) in [4.78, 5) is 11.9. The summed E-state index contributed by atoms with van der Waals surface area (Å²) in [5.74, 6) is 1.06. The maximum atomic E-state index is 11.9. The van der Waals surface area contributed by atoms with Crippen molar-refractivity contribution in [3.05, 3.63) is 58.6 Å². The number of anilines is 1. The molecule has 0 saturated carbocycles. The van der Waals surface area contributed by atoms with Gasteiger partial charge in [0, 0.05) is 10.2 Å². The Kier molecular flexibility index (Phi) is 6.01. The molecule has 2 aromatic carbocycles. The highest BCUT2D eigenvalue weighted by Gasteiger charge is 2.06. The Morgan fingerprint density at radius 2 is 1.95 bits per heavy atom. The predicted molar refractivity (Wildman–Crippen MR) is 93.4 cm³/mol. The third kappa shape index (κ3) is 4.88. The van der Waals surface area contributed by atoms with Crippen molar-refractivity contribution in [3.63, 3.8) is 0 Å². The van der Waals surface area contributed by atoms with Crippen molar-refractivity contribution >= 4 is 27.5 Å². The van der Waals surface area contributed by atoms with E-state index in [1.165, 1.54) is 5.56 Å². The van der Waals surface area contributed by atoms with Crippen molar-refractivity contribution in [2.24, 2.45) is 0 Å². The molecule has 0 aliphatic carbocycles. The van der Waals surface area contributed by atoms with Gasteiger partial charge in [0.1, 0.15) is 5.75 Å². The fourth-order valence-electron chi connectivity index (χ4n) is 2.04. The van der Waals surface area contributed by atoms with Crippen LogP contribution in [-0.2, 0) is 4.79 Å². The molecule has 0 heterocycles. The van der Waals surface area contributed by atoms with Gasteiger partial charge in [0.2, 0.25) is 0 Å². The maximum absolute atomic E-state index is 11.9. The van der Waals surface area contributed by atoms with Crippen LogP contribution in [0.2, 0.25) is 0 Å². The number of hydrogen-bond acceptors (Lipinski definition) is 2. The molecular weight excluding hydrogens is 342 g/mol. The lowest BCUT2D eigenvalue weighted by atomic mass is 9.99. The molecule has 0 unspecified atom stereocenters. The van der Waals surface area contributed by atoms with E-state index >= 15 is 0 Å². The van der Waals surface area contributed by atoms with Gasteiger partial charge in [-0.25, -0.2) is 0 Å². The number of amides is 1. The first kappa shape index (κ1) is 16.6. The van der Waals surface area contributed by atoms with E-state index in [9.17, 15) is 4.79 Å². The van der Waals surface area contributed by atoms with Crippen LogP contribution in [0.4, 0.5) is 5.69 Å². The van der Waals surface area contributed by atoms with Gasteiger partial charge >= 0.3 is 0 Å². The van der Waals surface area contributed by atoms with Crippen molar-refractivity contribution in [2.45, 2.75) is 26.2 Å². The first-order valence-corrected chi connectivity index (χ1v) is 8.16. The van der Waals surface area contributed by atoms with Crippen LogP contribution in [0.1, 0.15) is 31.7 Å². The first-order chi connectivity index (χ1) is 10.6. The minimum atomic E-state index is -0.177. The van der Waals surface area contributed by atoms with Gasteiger partial charge in [0.15, 0.2) is 6.61 Å². The second kappa shape index (κ2) is 7.99. The zero-order valence-electron chi connectivity index (χ0n) is 12.8. The largest absolute Gasteiger partial charge is 0.484 e. The standard InChI is InChI=1S/C18H20BrNO2/c1-3-13(2)14-7-9-17(10-8-14)22-12-18(21)20-16-6-4-5-15(19)11-16/h4-11,13H,3,12H2,1-2H3,(H,20,21)/t13-/m1/s1. The normalized spacial score (nSPS) is 11.8. The minimum absolute atomic E-state index is 0.00477. The summed E-state index contributed by atoms with van der Waals surface area (Å²) < 4.78 is 6.44. The number of ether oxygens (including phenoxy) is 1. The Morgan fingerprint density at radius 3 is 2.59 bits per heavy atom. The minimum Gasteiger partial charge on any atom is -0.484 e. The summed E-state index contributed by atoms with van der Waals surface area (Å²) >= 11 is 3.37. The lowest BCUT2D eigenvalue weighted by Gasteiger charge is -2.11. The summed E-state index contributed by atoms with van der Waals surface area (Å²) in [7, 11) is 0. The van der Waals surface area contributed by atoms with Crippen LogP contribution in [0.5, 0.6) is 5.75 Å². The van der Waals surface area contributed by atoms with Crippen LogP contribution in [0.25, 0.3) is 0 Å². The highest BCUT2D eigenvalue weighted by atomic mass is 79.9. The van der Waals surface area contributed by atoms with Crippen LogP contribution in [0.15, 0.2) is 53.0 Å². The lowest BCUT2D eigenvalue weighted by molar-refractivity contribution is -0.118. The van der Waals surface area contributed by atoms with E-state index in [0.29, 0.717) is 11.7 Å². The Balaban J connectivity index is 1.86. The summed E-state index contributed by atoms with van der Waals surface area (Å²) in [6, 6.07) is 15.4. The highest BCUT2D eigenvalue weighted by Crippen LogP contribution is 2.21. The number of carbonyl (C=O) groups excluding carboxylic acids is 1. The molecule has 0 aliphatic heterocycles. The summed E-state index contributed by atoms with van der Waals surface area (Å²) in [6.45, 7) is 4.36. The Labute approximate surface area is 139 Å². The molecule has 0 fully saturated rings. The number of rotatable bonds is 6. The van der Waals surface area contributed by atoms with Gasteiger partial charge in [-0.1, -0.05) is 48.0 Å². The van der Waals surface area contributed by atoms with E-state index in [0.717, 1.165) is 16.6 Å². The van der Waals surface area contributed by atoms with E-state index in [-0.39, 0.29) is 12.5 Å². The molecule has 22 heavy (non-hydrogen) atoms. The molecule has 0 bridgehead atoms. The van der Waals surface area contributed by atoms with Crippen molar-refractivity contribution < 1.29 is 9.53 Å². The van der Waals surface area contributed by atoms with Crippen molar-refractivity contribution in [3.8, 4) is 5.75 Å². The Hall–Kier alpha value is -1.81. The van der Waals surface area contributed by atoms with Crippen LogP contribution in [-0.4, -0.2) is 12.5 Å². The molecule has 3 nitrogen and oxygen atoms in total. The number of benzene rings is 2. The molecule has 1 atom stereocenters. The number of halogens is 1. The molecule has 2 rings (SSSR count). The predicted octanol–water partition coefficient (Wildman–Crippen LogP) is 4.98. The van der Waals surface area contributed by atoms with Crippen LogP contribution in [0, 0.1) is 0 Å². The fraction of sp³-hybridized carbons (Fsp3) is 0.278. The van der Waals surface area contributed by atoms with E-state index in [1.807, 2.05) is 36.4 Å². The quantitative estimate of drug-likeness (QED) is 0.787. The average Bonchev–Trinajstić information content (AvgIpc) is 2.52. The molecule has 1 amide bonds. The van der Waals surface area contributed by atoms with Crippen molar-refractivity contribution in [1.82, 2.24) is 0 Å². The van der Waals surface area contributed by atoms with Gasteiger partial charge in [-0.05, 0) is 48.2 Å². The average molecular weight is 362 g/mol. The van der Waals surface area contributed by atoms with E-state index in [4.69, 9.17) is 4.74 Å². The molecule has 1 N–H and O–H groups in total. The third-order valence-electron chi connectivity index (χ3n) is 3.54. The molecule has 4 heteroatoms. The van der Waals surface area contributed by atoms with E-state index in [1.54, 1.807) is 0 Å². The molecule has 116 valence electrons. The first-order valence-electron chi connectivity index (χ1n) is 7.36. The molecule has 0 spiro atoms. The molecule has 0 saturated heterocycles. The maximum Gasteiger partial charge on any atom is 0.262 e. The second-order valence-corrected chi connectivity index (χ2v) is 6.14. The zero-order valence-corrected chi connectivity index (χ0v) is 14.4. The SMILES string of the molecule is CC[C@@H](C)c1ccc(OCC(=O)Nc2cccc(Br)c2)cc1. The Morgan fingerprint density at radius 1 is 1.23 bits per heavy atom. The van der Waals surface area contributed by atoms with Gasteiger partial charge in [0.25, 0.3) is 5.91 Å². The summed E-state index contributed by atoms with van der Waals surface area (Å²) in [6.07, 6.45) is 1.11. The lowest BCUT2D eigenvalue weighted by Crippen LogP contribution is -2.20. The molecule has 2 aromatic rings. The van der Waals surface area contributed by atoms with Crippen LogP contribution >= 0.6 is 15.9 Å². The monoisotopic (exact) mass is 361 g/mol. The van der Waals surface area contributed by atoms with Gasteiger partial charge in [0.05, 0.1) is 0 Å². The van der Waals surface area contributed by atoms with E-state index < -0.39 is 0 Å². The van der Waals surface area contributed by atoms with Gasteiger partial charge in [-0.2, -0.15) is 0 Å². The molecule has 0 aromatic heterocycles. The number of carbonyl (C=O) groups is 1. The van der Waals surface area contributed by atoms with Crippen molar-refractivity contribution in [1.29, 1.82) is 0 Å². The fourth-order valence-corrected chi connectivity index (χ4v) is 2.44.